The number of hydrogen-bond donors (Lipinski definition) is 1. The Labute approximate surface area is 137 Å². The van der Waals surface area contributed by atoms with Crippen molar-refractivity contribution < 1.29 is 0 Å². The van der Waals surface area contributed by atoms with Crippen LogP contribution in [0.5, 0.6) is 0 Å². The lowest BCUT2D eigenvalue weighted by Gasteiger charge is -2.38. The molecule has 2 bridgehead atoms. The van der Waals surface area contributed by atoms with Crippen LogP contribution in [0, 0.1) is 0 Å². The highest BCUT2D eigenvalue weighted by Gasteiger charge is 2.35. The highest BCUT2D eigenvalue weighted by molar-refractivity contribution is 6.34. The maximum atomic E-state index is 6.14. The van der Waals surface area contributed by atoms with Crippen molar-refractivity contribution in [1.29, 1.82) is 0 Å². The van der Waals surface area contributed by atoms with Gasteiger partial charge in [-0.2, -0.15) is 0 Å². The first kappa shape index (κ1) is 15.6. The Kier molecular flexibility index (Phi) is 5.11. The summed E-state index contributed by atoms with van der Waals surface area (Å²) in [6.07, 6.45) is 6.46. The molecule has 2 aliphatic rings. The molecule has 1 N–H and O–H groups in total. The first-order valence-corrected chi connectivity index (χ1v) is 8.84. The van der Waals surface area contributed by atoms with E-state index < -0.39 is 0 Å². The number of benzene rings is 1. The minimum absolute atomic E-state index is 0.696. The number of halogens is 2. The molecule has 116 valence electrons. The van der Waals surface area contributed by atoms with Crippen LogP contribution in [0.2, 0.25) is 10.0 Å². The maximum absolute atomic E-state index is 6.14. The lowest BCUT2D eigenvalue weighted by molar-refractivity contribution is 0.134. The van der Waals surface area contributed by atoms with Gasteiger partial charge in [0.05, 0.1) is 0 Å². The van der Waals surface area contributed by atoms with E-state index in [1.54, 1.807) is 0 Å². The zero-order chi connectivity index (χ0) is 14.8. The van der Waals surface area contributed by atoms with Crippen LogP contribution < -0.4 is 5.32 Å². The van der Waals surface area contributed by atoms with Crippen molar-refractivity contribution in [3.8, 4) is 0 Å². The van der Waals surface area contributed by atoms with Gasteiger partial charge in [-0.25, -0.2) is 0 Å². The van der Waals surface area contributed by atoms with Crippen LogP contribution in [0.1, 0.15) is 44.6 Å². The average Bonchev–Trinajstić information content (AvgIpc) is 2.76. The number of hydrogen-bond acceptors (Lipinski definition) is 2. The monoisotopic (exact) mass is 326 g/mol. The topological polar surface area (TPSA) is 15.3 Å². The molecule has 2 fully saturated rings. The quantitative estimate of drug-likeness (QED) is 0.857. The molecule has 0 saturated carbocycles. The van der Waals surface area contributed by atoms with E-state index >= 15 is 0 Å². The number of fused-ring (bicyclic) bond motifs is 2. The average molecular weight is 327 g/mol. The summed E-state index contributed by atoms with van der Waals surface area (Å²) in [4.78, 5) is 2.63. The van der Waals surface area contributed by atoms with Crippen LogP contribution in [-0.4, -0.2) is 29.6 Å². The van der Waals surface area contributed by atoms with E-state index in [1.807, 2.05) is 18.2 Å². The van der Waals surface area contributed by atoms with Gasteiger partial charge in [-0.05, 0) is 62.4 Å². The van der Waals surface area contributed by atoms with Gasteiger partial charge in [0, 0.05) is 34.7 Å². The van der Waals surface area contributed by atoms with Crippen molar-refractivity contribution >= 4 is 23.2 Å². The van der Waals surface area contributed by atoms with Gasteiger partial charge in [-0.1, -0.05) is 30.1 Å². The van der Waals surface area contributed by atoms with Crippen LogP contribution in [0.25, 0.3) is 0 Å². The second kappa shape index (κ2) is 6.87. The molecule has 1 aromatic carbocycles. The maximum Gasteiger partial charge on any atom is 0.0424 e. The highest BCUT2D eigenvalue weighted by Crippen LogP contribution is 2.31. The summed E-state index contributed by atoms with van der Waals surface area (Å²) in [5.74, 6) is 0. The Hall–Kier alpha value is -0.280. The minimum atomic E-state index is 0.696. The van der Waals surface area contributed by atoms with Crippen molar-refractivity contribution in [2.24, 2.45) is 0 Å². The molecular weight excluding hydrogens is 303 g/mol. The van der Waals surface area contributed by atoms with Crippen LogP contribution in [0.3, 0.4) is 0 Å². The number of nitrogens with zero attached hydrogens (tertiary/aromatic N) is 1. The van der Waals surface area contributed by atoms with E-state index in [2.05, 4.69) is 17.1 Å². The lowest BCUT2D eigenvalue weighted by atomic mass is 9.97. The Morgan fingerprint density at radius 1 is 1.10 bits per heavy atom. The van der Waals surface area contributed by atoms with Gasteiger partial charge in [0.1, 0.15) is 0 Å². The summed E-state index contributed by atoms with van der Waals surface area (Å²) in [6, 6.07) is 8.06. The molecule has 3 rings (SSSR count). The van der Waals surface area contributed by atoms with Crippen LogP contribution in [0.15, 0.2) is 18.2 Å². The van der Waals surface area contributed by atoms with Crippen molar-refractivity contribution in [2.45, 2.75) is 63.7 Å². The minimum Gasteiger partial charge on any atom is -0.311 e. The smallest absolute Gasteiger partial charge is 0.0424 e. The standard InChI is InChI=1S/C17H24Cl2N2/c1-2-5-21(11-12-6-13(18)8-14(19)7-12)17-9-15-3-4-16(10-17)20-15/h6-8,15-17,20H,2-5,9-11H2,1H3. The van der Waals surface area contributed by atoms with Gasteiger partial charge in [0.15, 0.2) is 0 Å². The molecule has 0 spiro atoms. The van der Waals surface area contributed by atoms with E-state index in [-0.39, 0.29) is 0 Å². The predicted octanol–water partition coefficient (Wildman–Crippen LogP) is 4.49. The third kappa shape index (κ3) is 3.92. The van der Waals surface area contributed by atoms with Crippen molar-refractivity contribution in [3.63, 3.8) is 0 Å². The number of nitrogens with one attached hydrogen (secondary N) is 1. The fraction of sp³-hybridized carbons (Fsp3) is 0.647. The second-order valence-corrected chi connectivity index (χ2v) is 7.38. The van der Waals surface area contributed by atoms with E-state index in [0.29, 0.717) is 6.04 Å². The molecule has 0 aromatic heterocycles. The van der Waals surface area contributed by atoms with Gasteiger partial charge in [0.2, 0.25) is 0 Å². The lowest BCUT2D eigenvalue weighted by Crippen LogP contribution is -2.48. The van der Waals surface area contributed by atoms with Crippen molar-refractivity contribution in [1.82, 2.24) is 10.2 Å². The molecule has 2 unspecified atom stereocenters. The largest absolute Gasteiger partial charge is 0.311 e. The van der Waals surface area contributed by atoms with Gasteiger partial charge in [0.25, 0.3) is 0 Å². The summed E-state index contributed by atoms with van der Waals surface area (Å²) in [7, 11) is 0. The summed E-state index contributed by atoms with van der Waals surface area (Å²) in [6.45, 7) is 4.36. The van der Waals surface area contributed by atoms with E-state index in [1.165, 1.54) is 37.7 Å². The predicted molar refractivity (Wildman–Crippen MR) is 90.1 cm³/mol. The summed E-state index contributed by atoms with van der Waals surface area (Å²) in [5.41, 5.74) is 1.23. The molecule has 2 aliphatic heterocycles. The van der Waals surface area contributed by atoms with Crippen molar-refractivity contribution in [3.05, 3.63) is 33.8 Å². The third-order valence-electron chi connectivity index (χ3n) is 4.78. The van der Waals surface area contributed by atoms with Gasteiger partial charge in [-0.15, -0.1) is 0 Å². The van der Waals surface area contributed by atoms with E-state index in [9.17, 15) is 0 Å². The fourth-order valence-corrected chi connectivity index (χ4v) is 4.51. The summed E-state index contributed by atoms with van der Waals surface area (Å²) in [5, 5.41) is 5.20. The SMILES string of the molecule is CCCN(Cc1cc(Cl)cc(Cl)c1)C1CC2CCC(C1)N2. The molecule has 4 heteroatoms. The van der Waals surface area contributed by atoms with Crippen molar-refractivity contribution in [2.75, 3.05) is 6.54 Å². The molecule has 1 aromatic rings. The van der Waals surface area contributed by atoms with Gasteiger partial charge < -0.3 is 5.32 Å². The Bertz CT molecular complexity index is 459. The number of rotatable bonds is 5. The van der Waals surface area contributed by atoms with E-state index in [4.69, 9.17) is 23.2 Å². The zero-order valence-corrected chi connectivity index (χ0v) is 14.1. The first-order valence-electron chi connectivity index (χ1n) is 8.09. The second-order valence-electron chi connectivity index (χ2n) is 6.51. The van der Waals surface area contributed by atoms with Gasteiger partial charge >= 0.3 is 0 Å². The molecule has 0 aliphatic carbocycles. The molecule has 2 saturated heterocycles. The highest BCUT2D eigenvalue weighted by atomic mass is 35.5. The zero-order valence-electron chi connectivity index (χ0n) is 12.6. The first-order chi connectivity index (χ1) is 10.1. The summed E-state index contributed by atoms with van der Waals surface area (Å²) >= 11 is 12.3. The molecule has 2 heterocycles. The Morgan fingerprint density at radius 2 is 1.71 bits per heavy atom. The molecular formula is C17H24Cl2N2. The Morgan fingerprint density at radius 3 is 2.29 bits per heavy atom. The molecule has 21 heavy (non-hydrogen) atoms. The van der Waals surface area contributed by atoms with Crippen LogP contribution in [-0.2, 0) is 6.54 Å². The summed E-state index contributed by atoms with van der Waals surface area (Å²) < 4.78 is 0. The van der Waals surface area contributed by atoms with Crippen LogP contribution >= 0.6 is 23.2 Å². The molecule has 0 radical (unpaired) electrons. The Balaban J connectivity index is 1.72. The fourth-order valence-electron chi connectivity index (χ4n) is 3.94. The third-order valence-corrected chi connectivity index (χ3v) is 5.22. The molecule has 0 amide bonds. The molecule has 2 nitrogen and oxygen atoms in total. The van der Waals surface area contributed by atoms with Gasteiger partial charge in [-0.3, -0.25) is 4.90 Å². The van der Waals surface area contributed by atoms with Crippen LogP contribution in [0.4, 0.5) is 0 Å². The molecule has 2 atom stereocenters. The normalized spacial score (nSPS) is 28.3. The number of piperidine rings is 1. The van der Waals surface area contributed by atoms with E-state index in [0.717, 1.165) is 35.2 Å².